The van der Waals surface area contributed by atoms with Gasteiger partial charge in [0.05, 0.1) is 6.26 Å². The second-order valence-corrected chi connectivity index (χ2v) is 6.44. The van der Waals surface area contributed by atoms with E-state index in [4.69, 9.17) is 0 Å². The Morgan fingerprint density at radius 3 is 2.59 bits per heavy atom. The largest absolute Gasteiger partial charge is 0.212 e. The van der Waals surface area contributed by atoms with Gasteiger partial charge in [-0.1, -0.05) is 12.1 Å². The Hall–Kier alpha value is -0.940. The molecule has 2 rings (SSSR count). The van der Waals surface area contributed by atoms with E-state index in [1.54, 1.807) is 16.4 Å². The molecule has 1 aliphatic heterocycles. The summed E-state index contributed by atoms with van der Waals surface area (Å²) in [4.78, 5) is 0. The highest BCUT2D eigenvalue weighted by molar-refractivity contribution is 7.88. The molecule has 1 atom stereocenters. The molecule has 0 radical (unpaired) electrons. The summed E-state index contributed by atoms with van der Waals surface area (Å²) >= 11 is 0. The Labute approximate surface area is 101 Å². The third-order valence-electron chi connectivity index (χ3n) is 3.13. The van der Waals surface area contributed by atoms with Crippen LogP contribution in [0, 0.1) is 5.82 Å². The van der Waals surface area contributed by atoms with Crippen molar-refractivity contribution in [2.75, 3.05) is 12.8 Å². The Morgan fingerprint density at radius 2 is 2.00 bits per heavy atom. The smallest absolute Gasteiger partial charge is 0.211 e. The molecule has 0 aromatic heterocycles. The van der Waals surface area contributed by atoms with Gasteiger partial charge in [-0.05, 0) is 37.0 Å². The van der Waals surface area contributed by atoms with E-state index in [-0.39, 0.29) is 11.9 Å². The number of sulfonamides is 1. The van der Waals surface area contributed by atoms with Crippen molar-refractivity contribution in [3.05, 3.63) is 35.6 Å². The van der Waals surface area contributed by atoms with Crippen molar-refractivity contribution in [1.29, 1.82) is 0 Å². The first-order valence-electron chi connectivity index (χ1n) is 5.68. The van der Waals surface area contributed by atoms with Crippen molar-refractivity contribution in [1.82, 2.24) is 4.31 Å². The van der Waals surface area contributed by atoms with Crippen LogP contribution in [0.4, 0.5) is 4.39 Å². The van der Waals surface area contributed by atoms with E-state index in [0.29, 0.717) is 13.0 Å². The van der Waals surface area contributed by atoms with Crippen LogP contribution in [0.3, 0.4) is 0 Å². The molecular formula is C12H16FNO2S. The van der Waals surface area contributed by atoms with Crippen LogP contribution in [0.5, 0.6) is 0 Å². The van der Waals surface area contributed by atoms with E-state index < -0.39 is 10.0 Å². The lowest BCUT2D eigenvalue weighted by atomic mass is 10.0. The molecule has 1 unspecified atom stereocenters. The minimum atomic E-state index is -3.12. The molecule has 0 amide bonds. The number of benzene rings is 1. The lowest BCUT2D eigenvalue weighted by Gasteiger charge is -2.22. The number of hydrogen-bond acceptors (Lipinski definition) is 2. The molecule has 1 saturated heterocycles. The molecule has 1 aliphatic rings. The number of rotatable bonds is 3. The van der Waals surface area contributed by atoms with Crippen LogP contribution < -0.4 is 0 Å². The van der Waals surface area contributed by atoms with Gasteiger partial charge in [0.2, 0.25) is 10.0 Å². The van der Waals surface area contributed by atoms with Crippen molar-refractivity contribution in [2.45, 2.75) is 25.3 Å². The predicted octanol–water partition coefficient (Wildman–Crippen LogP) is 1.79. The highest BCUT2D eigenvalue weighted by Crippen LogP contribution is 2.23. The molecule has 1 fully saturated rings. The van der Waals surface area contributed by atoms with Crippen molar-refractivity contribution in [3.8, 4) is 0 Å². The molecular weight excluding hydrogens is 241 g/mol. The zero-order chi connectivity index (χ0) is 12.5. The molecule has 0 aliphatic carbocycles. The Balaban J connectivity index is 2.11. The van der Waals surface area contributed by atoms with E-state index in [1.165, 1.54) is 18.4 Å². The summed E-state index contributed by atoms with van der Waals surface area (Å²) in [5, 5.41) is 0. The van der Waals surface area contributed by atoms with Crippen molar-refractivity contribution in [3.63, 3.8) is 0 Å². The minimum Gasteiger partial charge on any atom is -0.212 e. The van der Waals surface area contributed by atoms with Gasteiger partial charge in [-0.2, -0.15) is 4.31 Å². The minimum absolute atomic E-state index is 0.0236. The summed E-state index contributed by atoms with van der Waals surface area (Å²) < 4.78 is 37.4. The molecule has 0 N–H and O–H groups in total. The summed E-state index contributed by atoms with van der Waals surface area (Å²) in [6.07, 6.45) is 3.69. The van der Waals surface area contributed by atoms with Gasteiger partial charge in [-0.25, -0.2) is 12.8 Å². The lowest BCUT2D eigenvalue weighted by molar-refractivity contribution is 0.389. The van der Waals surface area contributed by atoms with Crippen molar-refractivity contribution < 1.29 is 12.8 Å². The highest BCUT2D eigenvalue weighted by atomic mass is 32.2. The van der Waals surface area contributed by atoms with Crippen LogP contribution in [0.15, 0.2) is 24.3 Å². The molecule has 5 heteroatoms. The average Bonchev–Trinajstić information content (AvgIpc) is 2.69. The van der Waals surface area contributed by atoms with Gasteiger partial charge in [0.25, 0.3) is 0 Å². The van der Waals surface area contributed by atoms with Gasteiger partial charge in [0.15, 0.2) is 0 Å². The predicted molar refractivity (Wildman–Crippen MR) is 64.7 cm³/mol. The van der Waals surface area contributed by atoms with Crippen LogP contribution in [-0.4, -0.2) is 31.6 Å². The van der Waals surface area contributed by atoms with E-state index in [1.807, 2.05) is 0 Å². The molecule has 0 bridgehead atoms. The lowest BCUT2D eigenvalue weighted by Crippen LogP contribution is -2.35. The summed E-state index contributed by atoms with van der Waals surface area (Å²) in [6, 6.07) is 6.28. The normalized spacial score (nSPS) is 21.9. The third-order valence-corrected chi connectivity index (χ3v) is 4.47. The molecule has 1 aromatic rings. The zero-order valence-corrected chi connectivity index (χ0v) is 10.6. The fourth-order valence-corrected chi connectivity index (χ4v) is 3.52. The molecule has 17 heavy (non-hydrogen) atoms. The second-order valence-electron chi connectivity index (χ2n) is 4.50. The number of hydrogen-bond donors (Lipinski definition) is 0. The highest BCUT2D eigenvalue weighted by Gasteiger charge is 2.31. The third kappa shape index (κ3) is 3.04. The van der Waals surface area contributed by atoms with E-state index >= 15 is 0 Å². The first kappa shape index (κ1) is 12.5. The molecule has 3 nitrogen and oxygen atoms in total. The van der Waals surface area contributed by atoms with Crippen molar-refractivity contribution >= 4 is 10.0 Å². The van der Waals surface area contributed by atoms with E-state index in [2.05, 4.69) is 0 Å². The number of halogens is 1. The molecule has 1 aromatic carbocycles. The maximum Gasteiger partial charge on any atom is 0.211 e. The van der Waals surface area contributed by atoms with Crippen LogP contribution in [0.2, 0.25) is 0 Å². The summed E-state index contributed by atoms with van der Waals surface area (Å²) in [7, 11) is -3.12. The van der Waals surface area contributed by atoms with Crippen LogP contribution in [0.25, 0.3) is 0 Å². The fourth-order valence-electron chi connectivity index (χ4n) is 2.34. The van der Waals surface area contributed by atoms with Crippen LogP contribution >= 0.6 is 0 Å². The van der Waals surface area contributed by atoms with Crippen LogP contribution in [0.1, 0.15) is 18.4 Å². The summed E-state index contributed by atoms with van der Waals surface area (Å²) in [5.74, 6) is -0.264. The molecule has 0 saturated carbocycles. The molecule has 94 valence electrons. The van der Waals surface area contributed by atoms with Gasteiger partial charge in [0, 0.05) is 12.6 Å². The standard InChI is InChI=1S/C12H16FNO2S/c1-17(15,16)14-8-2-3-12(14)9-10-4-6-11(13)7-5-10/h4-7,12H,2-3,8-9H2,1H3. The van der Waals surface area contributed by atoms with E-state index in [9.17, 15) is 12.8 Å². The topological polar surface area (TPSA) is 37.4 Å². The maximum absolute atomic E-state index is 12.8. The van der Waals surface area contributed by atoms with Gasteiger partial charge < -0.3 is 0 Å². The number of nitrogens with zero attached hydrogens (tertiary/aromatic N) is 1. The Kier molecular flexibility index (Phi) is 3.49. The van der Waals surface area contributed by atoms with Gasteiger partial charge in [-0.15, -0.1) is 0 Å². The average molecular weight is 257 g/mol. The molecule has 0 spiro atoms. The maximum atomic E-state index is 12.8. The monoisotopic (exact) mass is 257 g/mol. The van der Waals surface area contributed by atoms with Gasteiger partial charge in [-0.3, -0.25) is 0 Å². The van der Waals surface area contributed by atoms with E-state index in [0.717, 1.165) is 18.4 Å². The van der Waals surface area contributed by atoms with Gasteiger partial charge >= 0.3 is 0 Å². The fraction of sp³-hybridized carbons (Fsp3) is 0.500. The second kappa shape index (κ2) is 4.74. The van der Waals surface area contributed by atoms with Crippen LogP contribution in [-0.2, 0) is 16.4 Å². The summed E-state index contributed by atoms with van der Waals surface area (Å²) in [5.41, 5.74) is 0.979. The van der Waals surface area contributed by atoms with Gasteiger partial charge in [0.1, 0.15) is 5.82 Å². The van der Waals surface area contributed by atoms with Crippen molar-refractivity contribution in [2.24, 2.45) is 0 Å². The SMILES string of the molecule is CS(=O)(=O)N1CCCC1Cc1ccc(F)cc1. The quantitative estimate of drug-likeness (QED) is 0.828. The zero-order valence-electron chi connectivity index (χ0n) is 9.77. The first-order valence-corrected chi connectivity index (χ1v) is 7.53. The first-order chi connectivity index (χ1) is 7.97. The molecule has 1 heterocycles. The Morgan fingerprint density at radius 1 is 1.35 bits per heavy atom. The Bertz CT molecular complexity index is 484. The summed E-state index contributed by atoms with van der Waals surface area (Å²) in [6.45, 7) is 0.602.